The minimum absolute atomic E-state index is 0.109. The summed E-state index contributed by atoms with van der Waals surface area (Å²) in [6.45, 7) is 0. The third-order valence-corrected chi connectivity index (χ3v) is 2.47. The summed E-state index contributed by atoms with van der Waals surface area (Å²) in [4.78, 5) is 0. The molecule has 1 atom stereocenters. The maximum atomic E-state index is 13.1. The molecule has 0 radical (unpaired) electrons. The van der Waals surface area contributed by atoms with E-state index < -0.39 is 46.7 Å². The largest absolute Gasteiger partial charge is 0.439 e. The van der Waals surface area contributed by atoms with Crippen molar-refractivity contribution in [2.24, 2.45) is 0 Å². The number of nitrogen functional groups attached to an aromatic ring is 1. The predicted octanol–water partition coefficient (Wildman–Crippen LogP) is 4.81. The van der Waals surface area contributed by atoms with E-state index in [0.717, 1.165) is 0 Å². The lowest BCUT2D eigenvalue weighted by molar-refractivity contribution is -0.305. The monoisotopic (exact) mass is 361 g/mol. The lowest BCUT2D eigenvalue weighted by atomic mass is 10.1. The van der Waals surface area contributed by atoms with Crippen LogP contribution in [-0.2, 0) is 6.18 Å². The van der Waals surface area contributed by atoms with Crippen LogP contribution in [0.25, 0.3) is 0 Å². The van der Waals surface area contributed by atoms with E-state index in [4.69, 9.17) is 17.3 Å². The molecule has 0 fully saturated rings. The van der Waals surface area contributed by atoms with Crippen molar-refractivity contribution in [1.82, 2.24) is 0 Å². The van der Waals surface area contributed by atoms with Crippen molar-refractivity contribution < 1.29 is 44.3 Å². The molecule has 22 heavy (non-hydrogen) atoms. The van der Waals surface area contributed by atoms with Crippen molar-refractivity contribution in [3.8, 4) is 5.75 Å². The average molecular weight is 362 g/mol. The minimum Gasteiger partial charge on any atom is -0.428 e. The van der Waals surface area contributed by atoms with Crippen LogP contribution in [0.15, 0.2) is 12.1 Å². The maximum absolute atomic E-state index is 13.1. The molecule has 2 nitrogen and oxygen atoms in total. The van der Waals surface area contributed by atoms with Crippen LogP contribution in [0.5, 0.6) is 5.75 Å². The van der Waals surface area contributed by atoms with Gasteiger partial charge in [0.2, 0.25) is 0 Å². The first-order valence-corrected chi connectivity index (χ1v) is 5.48. The van der Waals surface area contributed by atoms with E-state index in [1.54, 1.807) is 0 Å². The van der Waals surface area contributed by atoms with Crippen LogP contribution in [0.3, 0.4) is 0 Å². The summed E-state index contributed by atoms with van der Waals surface area (Å²) in [5, 5.41) is -1.15. The van der Waals surface area contributed by atoms with Crippen LogP contribution in [-0.4, -0.2) is 18.5 Å². The molecule has 126 valence electrons. The highest BCUT2D eigenvalue weighted by molar-refractivity contribution is 6.32. The van der Waals surface area contributed by atoms with Crippen LogP contribution in [0.1, 0.15) is 5.56 Å². The molecule has 1 aromatic rings. The van der Waals surface area contributed by atoms with Gasteiger partial charge in [-0.3, -0.25) is 0 Å². The first-order valence-electron chi connectivity index (χ1n) is 5.10. The summed E-state index contributed by atoms with van der Waals surface area (Å²) < 4.78 is 116. The summed E-state index contributed by atoms with van der Waals surface area (Å²) in [6.07, 6.45) is -21.9. The number of nitrogens with two attached hydrogens (primary N) is 1. The molecule has 1 unspecified atom stereocenters. The van der Waals surface area contributed by atoms with Crippen molar-refractivity contribution in [3.63, 3.8) is 0 Å². The fraction of sp³-hybridized carbons (Fsp3) is 0.400. The molecule has 1 aromatic carbocycles. The zero-order chi connectivity index (χ0) is 17.5. The van der Waals surface area contributed by atoms with Gasteiger partial charge in [0.25, 0.3) is 6.17 Å². The summed E-state index contributed by atoms with van der Waals surface area (Å²) in [5.41, 5.74) is 2.46. The van der Waals surface area contributed by atoms with Crippen LogP contribution >= 0.6 is 11.6 Å². The second-order valence-corrected chi connectivity index (χ2v) is 4.35. The number of hydrogen-bond acceptors (Lipinski definition) is 2. The Morgan fingerprint density at radius 1 is 1.00 bits per heavy atom. The van der Waals surface area contributed by atoms with E-state index in [2.05, 4.69) is 4.74 Å². The fourth-order valence-corrected chi connectivity index (χ4v) is 1.57. The standard InChI is InChI=1S/C10H5ClF9NO/c11-5-2-3(21)1-4(8(13,14)15)6(5)22-10(19,20)7(12)9(16,17)18/h1-2,7H,21H2. The smallest absolute Gasteiger partial charge is 0.428 e. The second kappa shape index (κ2) is 5.60. The van der Waals surface area contributed by atoms with Crippen LogP contribution in [0.2, 0.25) is 5.02 Å². The van der Waals surface area contributed by atoms with E-state index in [1.165, 1.54) is 0 Å². The molecule has 0 aromatic heterocycles. The third-order valence-electron chi connectivity index (χ3n) is 2.19. The molecule has 0 heterocycles. The predicted molar refractivity (Wildman–Crippen MR) is 57.4 cm³/mol. The molecule has 0 saturated heterocycles. The molecule has 0 aliphatic heterocycles. The molecule has 0 bridgehead atoms. The Bertz CT molecular complexity index is 555. The van der Waals surface area contributed by atoms with E-state index >= 15 is 0 Å². The third kappa shape index (κ3) is 4.02. The van der Waals surface area contributed by atoms with Crippen molar-refractivity contribution >= 4 is 17.3 Å². The van der Waals surface area contributed by atoms with E-state index in [0.29, 0.717) is 6.07 Å². The average Bonchev–Trinajstić information content (AvgIpc) is 2.28. The molecular weight excluding hydrogens is 357 g/mol. The highest BCUT2D eigenvalue weighted by Crippen LogP contribution is 2.45. The Balaban J connectivity index is 3.34. The summed E-state index contributed by atoms with van der Waals surface area (Å²) >= 11 is 5.22. The van der Waals surface area contributed by atoms with Crippen molar-refractivity contribution in [1.29, 1.82) is 0 Å². The van der Waals surface area contributed by atoms with Crippen molar-refractivity contribution in [2.75, 3.05) is 5.73 Å². The first kappa shape index (κ1) is 18.5. The molecule has 0 spiro atoms. The van der Waals surface area contributed by atoms with Gasteiger partial charge in [0, 0.05) is 5.69 Å². The minimum atomic E-state index is -6.05. The normalized spacial score (nSPS) is 14.8. The van der Waals surface area contributed by atoms with Gasteiger partial charge in [-0.2, -0.15) is 35.1 Å². The number of anilines is 1. The Labute approximate surface area is 121 Å². The van der Waals surface area contributed by atoms with Gasteiger partial charge in [-0.25, -0.2) is 4.39 Å². The molecule has 0 aliphatic carbocycles. The fourth-order valence-electron chi connectivity index (χ4n) is 1.31. The molecular formula is C10H5ClF9NO. The Kier molecular flexibility index (Phi) is 4.71. The summed E-state index contributed by atoms with van der Waals surface area (Å²) in [7, 11) is 0. The topological polar surface area (TPSA) is 35.2 Å². The molecule has 0 amide bonds. The molecule has 0 aliphatic rings. The van der Waals surface area contributed by atoms with Gasteiger partial charge in [0.15, 0.2) is 5.75 Å². The van der Waals surface area contributed by atoms with E-state index in [9.17, 15) is 39.5 Å². The Morgan fingerprint density at radius 3 is 1.91 bits per heavy atom. The van der Waals surface area contributed by atoms with Crippen LogP contribution in [0, 0.1) is 0 Å². The number of ether oxygens (including phenoxy) is 1. The van der Waals surface area contributed by atoms with Gasteiger partial charge in [-0.1, -0.05) is 11.6 Å². The zero-order valence-corrected chi connectivity index (χ0v) is 10.8. The number of rotatable bonds is 3. The summed E-state index contributed by atoms with van der Waals surface area (Å²) in [6, 6.07) is 0.640. The van der Waals surface area contributed by atoms with Crippen LogP contribution < -0.4 is 10.5 Å². The van der Waals surface area contributed by atoms with Crippen LogP contribution in [0.4, 0.5) is 45.2 Å². The Morgan fingerprint density at radius 2 is 1.50 bits per heavy atom. The van der Waals surface area contributed by atoms with Gasteiger partial charge in [0.05, 0.1) is 5.02 Å². The first-order chi connectivity index (χ1) is 9.66. The number of alkyl halides is 9. The highest BCUT2D eigenvalue weighted by Gasteiger charge is 2.60. The number of benzene rings is 1. The Hall–Kier alpha value is -1.52. The van der Waals surface area contributed by atoms with Crippen molar-refractivity contribution in [2.45, 2.75) is 24.6 Å². The quantitative estimate of drug-likeness (QED) is 0.619. The molecule has 1 rings (SSSR count). The maximum Gasteiger partial charge on any atom is 0.439 e. The summed E-state index contributed by atoms with van der Waals surface area (Å²) in [5.74, 6) is -1.86. The van der Waals surface area contributed by atoms with Gasteiger partial charge < -0.3 is 10.5 Å². The van der Waals surface area contributed by atoms with E-state index in [1.807, 2.05) is 0 Å². The highest BCUT2D eigenvalue weighted by atomic mass is 35.5. The van der Waals surface area contributed by atoms with E-state index in [-0.39, 0.29) is 6.07 Å². The lowest BCUT2D eigenvalue weighted by Crippen LogP contribution is -2.46. The molecule has 2 N–H and O–H groups in total. The lowest BCUT2D eigenvalue weighted by Gasteiger charge is -2.25. The van der Waals surface area contributed by atoms with Crippen molar-refractivity contribution in [3.05, 3.63) is 22.7 Å². The molecule has 0 saturated carbocycles. The van der Waals surface area contributed by atoms with Gasteiger partial charge in [0.1, 0.15) is 5.56 Å². The second-order valence-electron chi connectivity index (χ2n) is 3.95. The van der Waals surface area contributed by atoms with Gasteiger partial charge in [-0.05, 0) is 12.1 Å². The zero-order valence-electron chi connectivity index (χ0n) is 10.00. The number of halogens is 10. The van der Waals surface area contributed by atoms with Gasteiger partial charge in [-0.15, -0.1) is 0 Å². The molecule has 12 heteroatoms. The van der Waals surface area contributed by atoms with Gasteiger partial charge >= 0.3 is 18.5 Å². The number of hydrogen-bond donors (Lipinski definition) is 1. The SMILES string of the molecule is Nc1cc(Cl)c(OC(F)(F)C(F)C(F)(F)F)c(C(F)(F)F)c1.